The van der Waals surface area contributed by atoms with E-state index in [4.69, 9.17) is 4.84 Å². The predicted molar refractivity (Wildman–Crippen MR) is 108 cm³/mol. The number of thiophene rings is 1. The van der Waals surface area contributed by atoms with Gasteiger partial charge in [0.25, 0.3) is 11.5 Å². The lowest BCUT2D eigenvalue weighted by Gasteiger charge is -2.26. The molecule has 0 bridgehead atoms. The molecule has 0 saturated carbocycles. The minimum absolute atomic E-state index is 0.168. The second kappa shape index (κ2) is 6.14. The molecule has 0 saturated heterocycles. The molecule has 2 aliphatic rings. The third kappa shape index (κ3) is 2.28. The van der Waals surface area contributed by atoms with Crippen molar-refractivity contribution in [3.63, 3.8) is 0 Å². The zero-order chi connectivity index (χ0) is 19.3. The number of aryl methyl sites for hydroxylation is 1. The maximum atomic E-state index is 13.5. The first kappa shape index (κ1) is 16.9. The van der Waals surface area contributed by atoms with E-state index in [1.165, 1.54) is 11.3 Å². The Morgan fingerprint density at radius 1 is 1.11 bits per heavy atom. The van der Waals surface area contributed by atoms with E-state index in [-0.39, 0.29) is 11.7 Å². The number of carbonyl (C=O) groups excluding carboxylic acids is 2. The number of hydrogen-bond acceptors (Lipinski definition) is 5. The molecule has 2 atom stereocenters. The first-order valence-corrected chi connectivity index (χ1v) is 9.81. The Hall–Kier alpha value is -3.25. The minimum atomic E-state index is -1.49. The number of nitrogens with zero attached hydrogens (tertiary/aromatic N) is 1. The molecule has 2 unspecified atom stereocenters. The minimum Gasteiger partial charge on any atom is -0.373 e. The largest absolute Gasteiger partial charge is 0.373 e. The summed E-state index contributed by atoms with van der Waals surface area (Å²) < 4.78 is 0. The van der Waals surface area contributed by atoms with Gasteiger partial charge >= 0.3 is 0 Å². The molecule has 0 radical (unpaired) electrons. The molecular weight excluding hydrogens is 372 g/mol. The standard InChI is InChI=1S/C22H16N2O3S/c1-13-8-10-14(11-9-13)19-18(20(25)17-7-4-12-28-17)22(27-24-19)15-5-2-3-6-16(15)23-21(22)26/h2-12,18H,1H3,(H,23,26). The van der Waals surface area contributed by atoms with Gasteiger partial charge in [0.2, 0.25) is 0 Å². The Kier molecular flexibility index (Phi) is 3.70. The molecule has 0 fully saturated rings. The lowest BCUT2D eigenvalue weighted by molar-refractivity contribution is -0.140. The summed E-state index contributed by atoms with van der Waals surface area (Å²) in [5.41, 5.74) is 2.15. The Bertz CT molecular complexity index is 1120. The molecule has 0 aliphatic carbocycles. The van der Waals surface area contributed by atoms with Crippen LogP contribution in [0.1, 0.15) is 26.4 Å². The van der Waals surface area contributed by atoms with Crippen molar-refractivity contribution in [1.82, 2.24) is 0 Å². The van der Waals surface area contributed by atoms with Crippen LogP contribution >= 0.6 is 11.3 Å². The monoisotopic (exact) mass is 388 g/mol. The molecule has 1 aromatic heterocycles. The smallest absolute Gasteiger partial charge is 0.277 e. The SMILES string of the molecule is Cc1ccc(C2=NOC3(C(=O)Nc4ccccc43)C2C(=O)c2cccs2)cc1. The van der Waals surface area contributed by atoms with Gasteiger partial charge in [-0.2, -0.15) is 0 Å². The summed E-state index contributed by atoms with van der Waals surface area (Å²) in [5.74, 6) is -1.40. The molecule has 3 aromatic rings. The Balaban J connectivity index is 1.70. The van der Waals surface area contributed by atoms with E-state index in [1.54, 1.807) is 6.07 Å². The summed E-state index contributed by atoms with van der Waals surface area (Å²) in [7, 11) is 0. The highest BCUT2D eigenvalue weighted by Gasteiger charge is 2.63. The molecule has 138 valence electrons. The number of Topliss-reactive ketones (excluding diaryl/α,β-unsaturated/α-hetero) is 1. The van der Waals surface area contributed by atoms with Gasteiger partial charge in [0.15, 0.2) is 5.78 Å². The summed E-state index contributed by atoms with van der Waals surface area (Å²) in [6.45, 7) is 1.99. The third-order valence-electron chi connectivity index (χ3n) is 5.25. The topological polar surface area (TPSA) is 67.8 Å². The first-order chi connectivity index (χ1) is 13.6. The van der Waals surface area contributed by atoms with Crippen molar-refractivity contribution in [2.24, 2.45) is 11.1 Å². The molecule has 2 aliphatic heterocycles. The van der Waals surface area contributed by atoms with E-state index in [0.717, 1.165) is 11.1 Å². The maximum Gasteiger partial charge on any atom is 0.277 e. The van der Waals surface area contributed by atoms with Crippen LogP contribution in [0.25, 0.3) is 0 Å². The number of rotatable bonds is 3. The van der Waals surface area contributed by atoms with Crippen LogP contribution in [-0.4, -0.2) is 17.4 Å². The van der Waals surface area contributed by atoms with Crippen LogP contribution in [0, 0.1) is 12.8 Å². The predicted octanol–water partition coefficient (Wildman–Crippen LogP) is 4.14. The summed E-state index contributed by atoms with van der Waals surface area (Å²) in [4.78, 5) is 33.1. The number of ketones is 1. The molecule has 3 heterocycles. The Morgan fingerprint density at radius 2 is 1.89 bits per heavy atom. The molecule has 1 amide bonds. The van der Waals surface area contributed by atoms with Gasteiger partial charge < -0.3 is 10.2 Å². The van der Waals surface area contributed by atoms with Crippen molar-refractivity contribution in [3.05, 3.63) is 87.6 Å². The number of benzene rings is 2. The van der Waals surface area contributed by atoms with Crippen molar-refractivity contribution < 1.29 is 14.4 Å². The number of para-hydroxylation sites is 1. The summed E-state index contributed by atoms with van der Waals surface area (Å²) in [5, 5.41) is 8.98. The summed E-state index contributed by atoms with van der Waals surface area (Å²) in [6.07, 6.45) is 0. The van der Waals surface area contributed by atoms with Gasteiger partial charge in [-0.25, -0.2) is 0 Å². The molecule has 2 aromatic carbocycles. The fourth-order valence-electron chi connectivity index (χ4n) is 3.86. The molecule has 6 heteroatoms. The van der Waals surface area contributed by atoms with Crippen molar-refractivity contribution in [1.29, 1.82) is 0 Å². The van der Waals surface area contributed by atoms with Crippen molar-refractivity contribution in [2.75, 3.05) is 5.32 Å². The Labute approximate surface area is 165 Å². The highest BCUT2D eigenvalue weighted by Crippen LogP contribution is 2.49. The van der Waals surface area contributed by atoms with Gasteiger partial charge in [-0.15, -0.1) is 11.3 Å². The summed E-state index contributed by atoms with van der Waals surface area (Å²) >= 11 is 1.35. The Morgan fingerprint density at radius 3 is 2.64 bits per heavy atom. The number of hydrogen-bond donors (Lipinski definition) is 1. The van der Waals surface area contributed by atoms with Crippen LogP contribution in [-0.2, 0) is 15.2 Å². The van der Waals surface area contributed by atoms with Crippen LogP contribution < -0.4 is 5.32 Å². The quantitative estimate of drug-likeness (QED) is 0.686. The zero-order valence-electron chi connectivity index (χ0n) is 15.0. The van der Waals surface area contributed by atoms with E-state index < -0.39 is 11.5 Å². The van der Waals surface area contributed by atoms with E-state index in [9.17, 15) is 9.59 Å². The van der Waals surface area contributed by atoms with Gasteiger partial charge in [0.1, 0.15) is 11.6 Å². The van der Waals surface area contributed by atoms with Crippen LogP contribution in [0.2, 0.25) is 0 Å². The fraction of sp³-hybridized carbons (Fsp3) is 0.136. The third-order valence-corrected chi connectivity index (χ3v) is 6.14. The van der Waals surface area contributed by atoms with Crippen molar-refractivity contribution >= 4 is 34.4 Å². The zero-order valence-corrected chi connectivity index (χ0v) is 15.8. The van der Waals surface area contributed by atoms with Crippen LogP contribution in [0.3, 0.4) is 0 Å². The number of anilines is 1. The number of amides is 1. The van der Waals surface area contributed by atoms with Gasteiger partial charge in [0.05, 0.1) is 4.88 Å². The number of oxime groups is 1. The number of fused-ring (bicyclic) bond motifs is 2. The van der Waals surface area contributed by atoms with Crippen LogP contribution in [0.15, 0.2) is 71.2 Å². The summed E-state index contributed by atoms with van der Waals surface area (Å²) in [6, 6.07) is 18.6. The average molecular weight is 388 g/mol. The average Bonchev–Trinajstić information content (AvgIpc) is 3.42. The molecule has 5 nitrogen and oxygen atoms in total. The van der Waals surface area contributed by atoms with Gasteiger partial charge in [-0.3, -0.25) is 9.59 Å². The number of carbonyl (C=O) groups is 2. The maximum absolute atomic E-state index is 13.5. The lowest BCUT2D eigenvalue weighted by Crippen LogP contribution is -2.46. The van der Waals surface area contributed by atoms with Crippen LogP contribution in [0.5, 0.6) is 0 Å². The van der Waals surface area contributed by atoms with Gasteiger partial charge in [0, 0.05) is 16.8 Å². The second-order valence-corrected chi connectivity index (χ2v) is 7.89. The second-order valence-electron chi connectivity index (χ2n) is 6.94. The van der Waals surface area contributed by atoms with E-state index in [0.29, 0.717) is 21.8 Å². The lowest BCUT2D eigenvalue weighted by atomic mass is 9.75. The molecule has 1 N–H and O–H groups in total. The van der Waals surface area contributed by atoms with Gasteiger partial charge in [-0.1, -0.05) is 59.3 Å². The molecule has 28 heavy (non-hydrogen) atoms. The highest BCUT2D eigenvalue weighted by molar-refractivity contribution is 7.12. The van der Waals surface area contributed by atoms with E-state index >= 15 is 0 Å². The first-order valence-electron chi connectivity index (χ1n) is 8.93. The molecular formula is C22H16N2O3S. The fourth-order valence-corrected chi connectivity index (χ4v) is 4.56. The van der Waals surface area contributed by atoms with Crippen molar-refractivity contribution in [2.45, 2.75) is 12.5 Å². The number of nitrogens with one attached hydrogen (secondary N) is 1. The highest BCUT2D eigenvalue weighted by atomic mass is 32.1. The van der Waals surface area contributed by atoms with E-state index in [1.807, 2.05) is 66.9 Å². The normalized spacial score (nSPS) is 22.5. The molecule has 5 rings (SSSR count). The molecule has 1 spiro atoms. The van der Waals surface area contributed by atoms with Crippen LogP contribution in [0.4, 0.5) is 5.69 Å². The van der Waals surface area contributed by atoms with E-state index in [2.05, 4.69) is 10.5 Å². The van der Waals surface area contributed by atoms with Gasteiger partial charge in [-0.05, 0) is 24.4 Å². The van der Waals surface area contributed by atoms with Crippen molar-refractivity contribution in [3.8, 4) is 0 Å².